The van der Waals surface area contributed by atoms with Crippen molar-refractivity contribution in [1.29, 1.82) is 0 Å². The van der Waals surface area contributed by atoms with Crippen LogP contribution < -0.4 is 5.32 Å². The highest BCUT2D eigenvalue weighted by Crippen LogP contribution is 2.25. The van der Waals surface area contributed by atoms with E-state index < -0.39 is 0 Å². The van der Waals surface area contributed by atoms with Crippen molar-refractivity contribution in [3.63, 3.8) is 0 Å². The van der Waals surface area contributed by atoms with E-state index in [2.05, 4.69) is 20.5 Å². The Labute approximate surface area is 201 Å². The standard InChI is InChI=1S/C25H21FN6O.ClH/c1-16-12-21(23-17(2)30-32(24(23)28-16)20-9-4-3-5-10-20)25(33)29-19-13-27-31(15-19)14-18-8-6-7-11-22(18)26;/h3-13,15H,14H2,1-2H3,(H,29,33);1H. The predicted octanol–water partition coefficient (Wildman–Crippen LogP) is 5.10. The van der Waals surface area contributed by atoms with Crippen molar-refractivity contribution in [3.05, 3.63) is 101 Å². The molecule has 0 aliphatic heterocycles. The number of halogens is 2. The predicted molar refractivity (Wildman–Crippen MR) is 131 cm³/mol. The zero-order chi connectivity index (χ0) is 22.9. The number of rotatable bonds is 5. The van der Waals surface area contributed by atoms with Gasteiger partial charge in [0, 0.05) is 17.5 Å². The first-order chi connectivity index (χ1) is 16.0. The van der Waals surface area contributed by atoms with Gasteiger partial charge in [-0.2, -0.15) is 10.2 Å². The van der Waals surface area contributed by atoms with Crippen LogP contribution in [0.1, 0.15) is 27.3 Å². The van der Waals surface area contributed by atoms with E-state index in [1.54, 1.807) is 46.0 Å². The number of benzene rings is 2. The number of anilines is 1. The van der Waals surface area contributed by atoms with Gasteiger partial charge in [0.2, 0.25) is 0 Å². The first-order valence-corrected chi connectivity index (χ1v) is 10.5. The lowest BCUT2D eigenvalue weighted by molar-refractivity contribution is 0.102. The van der Waals surface area contributed by atoms with E-state index in [1.807, 2.05) is 44.2 Å². The highest BCUT2D eigenvalue weighted by atomic mass is 35.5. The molecule has 2 aromatic carbocycles. The molecule has 0 saturated carbocycles. The van der Waals surface area contributed by atoms with Gasteiger partial charge in [0.15, 0.2) is 5.65 Å². The van der Waals surface area contributed by atoms with Gasteiger partial charge in [-0.25, -0.2) is 14.1 Å². The molecule has 0 aliphatic rings. The Morgan fingerprint density at radius 2 is 1.79 bits per heavy atom. The number of aromatic nitrogens is 5. The molecule has 0 bridgehead atoms. The number of pyridine rings is 1. The fourth-order valence-electron chi connectivity index (χ4n) is 3.86. The van der Waals surface area contributed by atoms with Crippen molar-refractivity contribution >= 4 is 35.0 Å². The number of nitrogens with one attached hydrogen (secondary N) is 1. The summed E-state index contributed by atoms with van der Waals surface area (Å²) in [5, 5.41) is 12.5. The molecule has 0 saturated heterocycles. The SMILES string of the molecule is Cc1cc(C(=O)Nc2cnn(Cc3ccccc3F)c2)c2c(C)nn(-c3ccccc3)c2n1.Cl. The smallest absolute Gasteiger partial charge is 0.256 e. The summed E-state index contributed by atoms with van der Waals surface area (Å²) >= 11 is 0. The lowest BCUT2D eigenvalue weighted by Crippen LogP contribution is -2.13. The summed E-state index contributed by atoms with van der Waals surface area (Å²) < 4.78 is 17.3. The van der Waals surface area contributed by atoms with Gasteiger partial charge >= 0.3 is 0 Å². The number of carbonyl (C=O) groups is 1. The average Bonchev–Trinajstić information content (AvgIpc) is 3.39. The van der Waals surface area contributed by atoms with Crippen molar-refractivity contribution in [1.82, 2.24) is 24.5 Å². The van der Waals surface area contributed by atoms with Gasteiger partial charge in [-0.15, -0.1) is 12.4 Å². The first-order valence-electron chi connectivity index (χ1n) is 10.5. The Kier molecular flexibility index (Phi) is 6.43. The molecule has 34 heavy (non-hydrogen) atoms. The van der Waals surface area contributed by atoms with E-state index in [4.69, 9.17) is 0 Å². The molecule has 0 unspecified atom stereocenters. The molecule has 0 spiro atoms. The number of hydrogen-bond donors (Lipinski definition) is 1. The molecular weight excluding hydrogens is 455 g/mol. The van der Waals surface area contributed by atoms with Crippen LogP contribution in [0.3, 0.4) is 0 Å². The number of amides is 1. The minimum absolute atomic E-state index is 0. The second kappa shape index (κ2) is 9.44. The van der Waals surface area contributed by atoms with Crippen molar-refractivity contribution in [2.45, 2.75) is 20.4 Å². The van der Waals surface area contributed by atoms with Gasteiger partial charge in [-0.3, -0.25) is 9.48 Å². The molecule has 9 heteroatoms. The Hall–Kier alpha value is -4.04. The van der Waals surface area contributed by atoms with Gasteiger partial charge in [-0.05, 0) is 38.1 Å². The highest BCUT2D eigenvalue weighted by Gasteiger charge is 2.20. The summed E-state index contributed by atoms with van der Waals surface area (Å²) in [6.07, 6.45) is 3.22. The lowest BCUT2D eigenvalue weighted by atomic mass is 10.1. The van der Waals surface area contributed by atoms with E-state index in [0.717, 1.165) is 5.69 Å². The molecule has 3 aromatic heterocycles. The lowest BCUT2D eigenvalue weighted by Gasteiger charge is -2.07. The summed E-state index contributed by atoms with van der Waals surface area (Å²) in [5.74, 6) is -0.578. The highest BCUT2D eigenvalue weighted by molar-refractivity contribution is 6.12. The molecule has 1 N–H and O–H groups in total. The van der Waals surface area contributed by atoms with E-state index in [1.165, 1.54) is 6.07 Å². The molecule has 0 fully saturated rings. The molecule has 5 aromatic rings. The molecule has 0 radical (unpaired) electrons. The van der Waals surface area contributed by atoms with E-state index in [0.29, 0.717) is 39.2 Å². The molecule has 0 atom stereocenters. The minimum Gasteiger partial charge on any atom is -0.319 e. The van der Waals surface area contributed by atoms with Crippen LogP contribution >= 0.6 is 12.4 Å². The molecular formula is C25H22ClFN6O. The van der Waals surface area contributed by atoms with Crippen molar-refractivity contribution < 1.29 is 9.18 Å². The number of hydrogen-bond acceptors (Lipinski definition) is 4. The van der Waals surface area contributed by atoms with Crippen molar-refractivity contribution in [2.24, 2.45) is 0 Å². The van der Waals surface area contributed by atoms with Crippen LogP contribution in [0, 0.1) is 19.7 Å². The maximum absolute atomic E-state index is 13.9. The van der Waals surface area contributed by atoms with E-state index in [-0.39, 0.29) is 30.7 Å². The Morgan fingerprint density at radius 3 is 2.56 bits per heavy atom. The van der Waals surface area contributed by atoms with Crippen LogP contribution in [-0.4, -0.2) is 30.5 Å². The summed E-state index contributed by atoms with van der Waals surface area (Å²) in [6, 6.07) is 18.0. The zero-order valence-electron chi connectivity index (χ0n) is 18.6. The van der Waals surface area contributed by atoms with Gasteiger partial charge in [-0.1, -0.05) is 36.4 Å². The molecule has 5 rings (SSSR count). The van der Waals surface area contributed by atoms with Crippen LogP contribution in [0.5, 0.6) is 0 Å². The molecule has 3 heterocycles. The number of fused-ring (bicyclic) bond motifs is 1. The topological polar surface area (TPSA) is 77.6 Å². The number of para-hydroxylation sites is 1. The Morgan fingerprint density at radius 1 is 1.06 bits per heavy atom. The molecule has 0 aliphatic carbocycles. The van der Waals surface area contributed by atoms with Gasteiger partial charge < -0.3 is 5.32 Å². The van der Waals surface area contributed by atoms with Crippen molar-refractivity contribution in [3.8, 4) is 5.69 Å². The van der Waals surface area contributed by atoms with Crippen LogP contribution in [0.2, 0.25) is 0 Å². The van der Waals surface area contributed by atoms with Crippen LogP contribution in [-0.2, 0) is 6.54 Å². The second-order valence-electron chi connectivity index (χ2n) is 7.81. The fraction of sp³-hybridized carbons (Fsp3) is 0.120. The van der Waals surface area contributed by atoms with E-state index >= 15 is 0 Å². The summed E-state index contributed by atoms with van der Waals surface area (Å²) in [5.41, 5.74) is 4.44. The monoisotopic (exact) mass is 476 g/mol. The molecule has 7 nitrogen and oxygen atoms in total. The number of carbonyl (C=O) groups excluding carboxylic acids is 1. The Balaban J connectivity index is 0.00000274. The number of nitrogens with zero attached hydrogens (tertiary/aromatic N) is 5. The van der Waals surface area contributed by atoms with Gasteiger partial charge in [0.05, 0.1) is 40.8 Å². The minimum atomic E-state index is -0.292. The zero-order valence-corrected chi connectivity index (χ0v) is 19.4. The maximum Gasteiger partial charge on any atom is 0.256 e. The third kappa shape index (κ3) is 4.40. The molecule has 172 valence electrons. The third-order valence-corrected chi connectivity index (χ3v) is 5.37. The van der Waals surface area contributed by atoms with E-state index in [9.17, 15) is 9.18 Å². The fourth-order valence-corrected chi connectivity index (χ4v) is 3.86. The molecule has 1 amide bonds. The average molecular weight is 477 g/mol. The maximum atomic E-state index is 13.9. The second-order valence-corrected chi connectivity index (χ2v) is 7.81. The third-order valence-electron chi connectivity index (χ3n) is 5.37. The number of aryl methyl sites for hydroxylation is 2. The summed E-state index contributed by atoms with van der Waals surface area (Å²) in [4.78, 5) is 17.9. The van der Waals surface area contributed by atoms with Crippen LogP contribution in [0.15, 0.2) is 73.1 Å². The van der Waals surface area contributed by atoms with Crippen LogP contribution in [0.4, 0.5) is 10.1 Å². The van der Waals surface area contributed by atoms with Gasteiger partial charge in [0.25, 0.3) is 5.91 Å². The first kappa shape index (κ1) is 23.1. The van der Waals surface area contributed by atoms with Crippen molar-refractivity contribution in [2.75, 3.05) is 5.32 Å². The summed E-state index contributed by atoms with van der Waals surface area (Å²) in [7, 11) is 0. The van der Waals surface area contributed by atoms with Crippen LogP contribution in [0.25, 0.3) is 16.7 Å². The van der Waals surface area contributed by atoms with Gasteiger partial charge in [0.1, 0.15) is 5.82 Å². The normalized spacial score (nSPS) is 10.8. The largest absolute Gasteiger partial charge is 0.319 e. The summed E-state index contributed by atoms with van der Waals surface area (Å²) in [6.45, 7) is 3.98. The quantitative estimate of drug-likeness (QED) is 0.383. The Bertz CT molecular complexity index is 1480.